The summed E-state index contributed by atoms with van der Waals surface area (Å²) < 4.78 is 18.4. The minimum absolute atomic E-state index is 0.0308. The summed E-state index contributed by atoms with van der Waals surface area (Å²) in [6, 6.07) is 3.77. The molecule has 0 unspecified atom stereocenters. The fourth-order valence-corrected chi connectivity index (χ4v) is 2.02. The molecule has 0 aromatic heterocycles. The summed E-state index contributed by atoms with van der Waals surface area (Å²) in [4.78, 5) is 13.8. The van der Waals surface area contributed by atoms with Gasteiger partial charge >= 0.3 is 6.03 Å². The highest BCUT2D eigenvalue weighted by Crippen LogP contribution is 2.18. The van der Waals surface area contributed by atoms with E-state index in [2.05, 4.69) is 15.5 Å². The first-order valence-corrected chi connectivity index (χ1v) is 6.83. The molecule has 1 fully saturated rings. The van der Waals surface area contributed by atoms with Gasteiger partial charge in [0, 0.05) is 31.9 Å². The van der Waals surface area contributed by atoms with Crippen LogP contribution >= 0.6 is 11.6 Å². The lowest BCUT2D eigenvalue weighted by Crippen LogP contribution is -2.42. The van der Waals surface area contributed by atoms with Crippen LogP contribution < -0.4 is 10.6 Å². The number of hydrogen-bond acceptors (Lipinski definition) is 3. The first-order valence-electron chi connectivity index (χ1n) is 6.45. The van der Waals surface area contributed by atoms with E-state index in [1.54, 1.807) is 6.07 Å². The van der Waals surface area contributed by atoms with Crippen LogP contribution in [0.4, 0.5) is 14.9 Å². The van der Waals surface area contributed by atoms with Crippen molar-refractivity contribution in [2.75, 3.05) is 44.7 Å². The molecule has 0 aliphatic carbocycles. The topological polar surface area (TPSA) is 53.6 Å². The van der Waals surface area contributed by atoms with Gasteiger partial charge in [-0.15, -0.1) is 0 Å². The molecule has 0 radical (unpaired) electrons. The largest absolute Gasteiger partial charge is 0.379 e. The maximum absolute atomic E-state index is 13.2. The Morgan fingerprint density at radius 3 is 2.85 bits per heavy atom. The van der Waals surface area contributed by atoms with Gasteiger partial charge in [-0.2, -0.15) is 0 Å². The van der Waals surface area contributed by atoms with E-state index in [-0.39, 0.29) is 11.1 Å². The molecule has 2 amide bonds. The Hall–Kier alpha value is -1.37. The molecule has 1 aliphatic heterocycles. The Bertz CT molecular complexity index is 467. The van der Waals surface area contributed by atoms with Crippen molar-refractivity contribution in [1.82, 2.24) is 10.2 Å². The molecule has 2 N–H and O–H groups in total. The summed E-state index contributed by atoms with van der Waals surface area (Å²) >= 11 is 5.57. The minimum Gasteiger partial charge on any atom is -0.379 e. The molecule has 1 aliphatic rings. The number of halogens is 2. The quantitative estimate of drug-likeness (QED) is 0.893. The average Bonchev–Trinajstić information content (AvgIpc) is 2.44. The lowest BCUT2D eigenvalue weighted by atomic mass is 10.3. The number of nitrogens with one attached hydrogen (secondary N) is 2. The first-order chi connectivity index (χ1) is 9.65. The van der Waals surface area contributed by atoms with E-state index in [0.717, 1.165) is 32.8 Å². The normalized spacial score (nSPS) is 15.9. The number of carbonyl (C=O) groups is 1. The Labute approximate surface area is 122 Å². The van der Waals surface area contributed by atoms with Gasteiger partial charge in [0.05, 0.1) is 18.2 Å². The molecule has 7 heteroatoms. The number of morpholine rings is 1. The summed E-state index contributed by atoms with van der Waals surface area (Å²) in [5.41, 5.74) is 0.371. The third kappa shape index (κ3) is 4.63. The molecule has 1 saturated heterocycles. The molecule has 0 atom stereocenters. The number of nitrogens with zero attached hydrogens (tertiary/aromatic N) is 1. The van der Waals surface area contributed by atoms with Gasteiger partial charge in [-0.05, 0) is 18.2 Å². The predicted molar refractivity (Wildman–Crippen MR) is 75.7 cm³/mol. The molecule has 1 aromatic rings. The molecule has 1 aromatic carbocycles. The molecule has 0 saturated carbocycles. The highest BCUT2D eigenvalue weighted by Gasteiger charge is 2.10. The van der Waals surface area contributed by atoms with E-state index >= 15 is 0 Å². The van der Waals surface area contributed by atoms with Crippen molar-refractivity contribution in [3.8, 4) is 0 Å². The van der Waals surface area contributed by atoms with Crippen molar-refractivity contribution in [1.29, 1.82) is 0 Å². The van der Waals surface area contributed by atoms with E-state index < -0.39 is 5.82 Å². The number of rotatable bonds is 4. The summed E-state index contributed by atoms with van der Waals surface area (Å²) in [6.45, 7) is 4.53. The SMILES string of the molecule is O=C(NCCN1CCOCC1)Nc1ccc(Cl)c(F)c1. The van der Waals surface area contributed by atoms with Crippen molar-refractivity contribution in [2.24, 2.45) is 0 Å². The highest BCUT2D eigenvalue weighted by molar-refractivity contribution is 6.30. The van der Waals surface area contributed by atoms with E-state index in [9.17, 15) is 9.18 Å². The van der Waals surface area contributed by atoms with Crippen LogP contribution in [0, 0.1) is 5.82 Å². The number of hydrogen-bond donors (Lipinski definition) is 2. The number of ether oxygens (including phenoxy) is 1. The zero-order chi connectivity index (χ0) is 14.4. The van der Waals surface area contributed by atoms with E-state index in [0.29, 0.717) is 12.2 Å². The first kappa shape index (κ1) is 15.0. The van der Waals surface area contributed by atoms with Crippen LogP contribution in [0.2, 0.25) is 5.02 Å². The van der Waals surface area contributed by atoms with Gasteiger partial charge in [0.2, 0.25) is 0 Å². The number of urea groups is 1. The molecule has 2 rings (SSSR count). The van der Waals surface area contributed by atoms with Crippen molar-refractivity contribution in [3.63, 3.8) is 0 Å². The van der Waals surface area contributed by atoms with E-state index in [1.807, 2.05) is 0 Å². The van der Waals surface area contributed by atoms with Gasteiger partial charge < -0.3 is 15.4 Å². The number of carbonyl (C=O) groups excluding carboxylic acids is 1. The third-order valence-electron chi connectivity index (χ3n) is 2.99. The maximum atomic E-state index is 13.2. The average molecular weight is 302 g/mol. The maximum Gasteiger partial charge on any atom is 0.319 e. The van der Waals surface area contributed by atoms with Gasteiger partial charge in [-0.3, -0.25) is 4.90 Å². The molecular weight excluding hydrogens is 285 g/mol. The molecule has 1 heterocycles. The molecule has 20 heavy (non-hydrogen) atoms. The second-order valence-corrected chi connectivity index (χ2v) is 4.87. The van der Waals surface area contributed by atoms with Gasteiger partial charge in [-0.25, -0.2) is 9.18 Å². The minimum atomic E-state index is -0.558. The summed E-state index contributed by atoms with van der Waals surface area (Å²) in [6.07, 6.45) is 0. The van der Waals surface area contributed by atoms with Crippen LogP contribution in [0.1, 0.15) is 0 Å². The second-order valence-electron chi connectivity index (χ2n) is 4.46. The van der Waals surface area contributed by atoms with Crippen molar-refractivity contribution in [3.05, 3.63) is 29.0 Å². The van der Waals surface area contributed by atoms with Crippen molar-refractivity contribution >= 4 is 23.3 Å². The van der Waals surface area contributed by atoms with Crippen molar-refractivity contribution in [2.45, 2.75) is 0 Å². The lowest BCUT2D eigenvalue weighted by molar-refractivity contribution is 0.0388. The van der Waals surface area contributed by atoms with Crippen LogP contribution in [0.15, 0.2) is 18.2 Å². The van der Waals surface area contributed by atoms with Crippen LogP contribution in [-0.4, -0.2) is 50.3 Å². The Morgan fingerprint density at radius 2 is 2.15 bits per heavy atom. The van der Waals surface area contributed by atoms with Gasteiger partial charge in [0.1, 0.15) is 5.82 Å². The smallest absolute Gasteiger partial charge is 0.319 e. The summed E-state index contributed by atoms with van der Waals surface area (Å²) in [7, 11) is 0. The molecule has 0 bridgehead atoms. The zero-order valence-corrected chi connectivity index (χ0v) is 11.8. The Kier molecular flexibility index (Phi) is 5.58. The van der Waals surface area contributed by atoms with Crippen molar-refractivity contribution < 1.29 is 13.9 Å². The molecule has 5 nitrogen and oxygen atoms in total. The fourth-order valence-electron chi connectivity index (χ4n) is 1.90. The highest BCUT2D eigenvalue weighted by atomic mass is 35.5. The number of benzene rings is 1. The predicted octanol–water partition coefficient (Wildman–Crippen LogP) is 1.93. The number of anilines is 1. The van der Waals surface area contributed by atoms with E-state index in [4.69, 9.17) is 16.3 Å². The monoisotopic (exact) mass is 301 g/mol. The molecule has 0 spiro atoms. The summed E-state index contributed by atoms with van der Waals surface area (Å²) in [5, 5.41) is 5.31. The second kappa shape index (κ2) is 7.42. The standard InChI is InChI=1S/C13H17ClFN3O2/c14-11-2-1-10(9-12(11)15)17-13(19)16-3-4-18-5-7-20-8-6-18/h1-2,9H,3-8H2,(H2,16,17,19). The third-order valence-corrected chi connectivity index (χ3v) is 3.30. The lowest BCUT2D eigenvalue weighted by Gasteiger charge is -2.26. The van der Waals surface area contributed by atoms with Gasteiger partial charge in [0.25, 0.3) is 0 Å². The van der Waals surface area contributed by atoms with Crippen LogP contribution in [-0.2, 0) is 4.74 Å². The summed E-state index contributed by atoms with van der Waals surface area (Å²) in [5.74, 6) is -0.558. The van der Waals surface area contributed by atoms with E-state index in [1.165, 1.54) is 12.1 Å². The van der Waals surface area contributed by atoms with Gasteiger partial charge in [0.15, 0.2) is 0 Å². The zero-order valence-electron chi connectivity index (χ0n) is 11.0. The van der Waals surface area contributed by atoms with Crippen LogP contribution in [0.25, 0.3) is 0 Å². The fraction of sp³-hybridized carbons (Fsp3) is 0.462. The molecule has 110 valence electrons. The molecular formula is C13H17ClFN3O2. The van der Waals surface area contributed by atoms with Crippen LogP contribution in [0.5, 0.6) is 0 Å². The van der Waals surface area contributed by atoms with Crippen LogP contribution in [0.3, 0.4) is 0 Å². The Morgan fingerprint density at radius 1 is 1.40 bits per heavy atom. The number of amides is 2. The van der Waals surface area contributed by atoms with Gasteiger partial charge in [-0.1, -0.05) is 11.6 Å². The Balaban J connectivity index is 1.70.